The van der Waals surface area contributed by atoms with Gasteiger partial charge < -0.3 is 9.64 Å². The Balaban J connectivity index is 1.64. The van der Waals surface area contributed by atoms with E-state index in [-0.39, 0.29) is 5.78 Å². The van der Waals surface area contributed by atoms with Crippen molar-refractivity contribution < 1.29 is 19.1 Å². The summed E-state index contributed by atoms with van der Waals surface area (Å²) in [5, 5.41) is 0. The average Bonchev–Trinajstić information content (AvgIpc) is 3.04. The SMILES string of the molecule is O=C1C(=O)N(CCN2CCOCC2)C(c2cccnc2)C1C(=O)c1ccc(Br)cc1. The van der Waals surface area contributed by atoms with Gasteiger partial charge in [0.05, 0.1) is 19.3 Å². The van der Waals surface area contributed by atoms with Gasteiger partial charge in [-0.3, -0.25) is 24.3 Å². The highest BCUT2D eigenvalue weighted by Gasteiger charge is 2.51. The van der Waals surface area contributed by atoms with Crippen LogP contribution in [0.2, 0.25) is 0 Å². The summed E-state index contributed by atoms with van der Waals surface area (Å²) in [6, 6.07) is 9.75. The number of morpholine rings is 1. The predicted octanol–water partition coefficient (Wildman–Crippen LogP) is 2.13. The summed E-state index contributed by atoms with van der Waals surface area (Å²) in [4.78, 5) is 47.0. The summed E-state index contributed by atoms with van der Waals surface area (Å²) in [6.45, 7) is 3.88. The van der Waals surface area contributed by atoms with Crippen LogP contribution >= 0.6 is 15.9 Å². The summed E-state index contributed by atoms with van der Waals surface area (Å²) >= 11 is 3.35. The second kappa shape index (κ2) is 9.16. The fourth-order valence-electron chi connectivity index (χ4n) is 4.02. The molecule has 4 rings (SSSR count). The van der Waals surface area contributed by atoms with E-state index in [2.05, 4.69) is 25.8 Å². The molecule has 2 atom stereocenters. The number of carbonyl (C=O) groups is 3. The van der Waals surface area contributed by atoms with Gasteiger partial charge in [-0.25, -0.2) is 0 Å². The van der Waals surface area contributed by atoms with Crippen molar-refractivity contribution in [3.05, 3.63) is 64.4 Å². The van der Waals surface area contributed by atoms with Crippen molar-refractivity contribution in [3.63, 3.8) is 0 Å². The Kier molecular flexibility index (Phi) is 6.36. The number of rotatable bonds is 6. The van der Waals surface area contributed by atoms with Crippen molar-refractivity contribution in [2.24, 2.45) is 5.92 Å². The molecule has 2 aliphatic heterocycles. The molecule has 0 bridgehead atoms. The van der Waals surface area contributed by atoms with E-state index in [1.807, 2.05) is 6.07 Å². The normalized spacial score (nSPS) is 22.5. The monoisotopic (exact) mass is 471 g/mol. The minimum Gasteiger partial charge on any atom is -0.379 e. The van der Waals surface area contributed by atoms with Crippen LogP contribution in [-0.4, -0.2) is 71.7 Å². The van der Waals surface area contributed by atoms with Crippen LogP contribution in [0.5, 0.6) is 0 Å². The van der Waals surface area contributed by atoms with Gasteiger partial charge in [0.15, 0.2) is 5.78 Å². The van der Waals surface area contributed by atoms with Crippen molar-refractivity contribution >= 4 is 33.4 Å². The fourth-order valence-corrected chi connectivity index (χ4v) is 4.28. The summed E-state index contributed by atoms with van der Waals surface area (Å²) in [5.74, 6) is -2.68. The van der Waals surface area contributed by atoms with Crippen LogP contribution in [0.4, 0.5) is 0 Å². The van der Waals surface area contributed by atoms with Crippen LogP contribution in [-0.2, 0) is 14.3 Å². The van der Waals surface area contributed by atoms with Crippen LogP contribution in [0.3, 0.4) is 0 Å². The van der Waals surface area contributed by atoms with E-state index in [1.54, 1.807) is 42.7 Å². The molecule has 2 aliphatic rings. The Labute approximate surface area is 183 Å². The van der Waals surface area contributed by atoms with Gasteiger partial charge in [-0.05, 0) is 23.8 Å². The zero-order valence-corrected chi connectivity index (χ0v) is 18.0. The minimum atomic E-state index is -1.08. The molecule has 8 heteroatoms. The fraction of sp³-hybridized carbons (Fsp3) is 0.364. The molecule has 2 unspecified atom stereocenters. The first kappa shape index (κ1) is 20.8. The van der Waals surface area contributed by atoms with E-state index in [4.69, 9.17) is 4.74 Å². The second-order valence-electron chi connectivity index (χ2n) is 7.40. The third-order valence-corrected chi connectivity index (χ3v) is 6.13. The lowest BCUT2D eigenvalue weighted by Crippen LogP contribution is -2.42. The maximum Gasteiger partial charge on any atom is 0.291 e. The Morgan fingerprint density at radius 2 is 1.83 bits per heavy atom. The third kappa shape index (κ3) is 4.21. The molecule has 0 spiro atoms. The molecule has 0 radical (unpaired) electrons. The van der Waals surface area contributed by atoms with E-state index in [0.29, 0.717) is 37.4 Å². The quantitative estimate of drug-likeness (QED) is 0.364. The van der Waals surface area contributed by atoms with Gasteiger partial charge in [-0.1, -0.05) is 34.1 Å². The Morgan fingerprint density at radius 3 is 2.50 bits per heavy atom. The number of aromatic nitrogens is 1. The van der Waals surface area contributed by atoms with Crippen LogP contribution in [0, 0.1) is 5.92 Å². The minimum absolute atomic E-state index is 0.344. The molecular weight excluding hydrogens is 450 g/mol. The molecule has 0 N–H and O–H groups in total. The summed E-state index contributed by atoms with van der Waals surface area (Å²) < 4.78 is 6.21. The molecule has 1 aromatic heterocycles. The van der Waals surface area contributed by atoms with E-state index in [9.17, 15) is 14.4 Å². The predicted molar refractivity (Wildman–Crippen MR) is 113 cm³/mol. The first-order valence-electron chi connectivity index (χ1n) is 9.91. The molecule has 3 heterocycles. The van der Waals surface area contributed by atoms with E-state index in [0.717, 1.165) is 17.6 Å². The van der Waals surface area contributed by atoms with E-state index < -0.39 is 23.7 Å². The topological polar surface area (TPSA) is 79.8 Å². The third-order valence-electron chi connectivity index (χ3n) is 5.60. The molecule has 1 amide bonds. The molecule has 7 nitrogen and oxygen atoms in total. The van der Waals surface area contributed by atoms with Crippen molar-refractivity contribution in [2.45, 2.75) is 6.04 Å². The molecular formula is C22H22BrN3O4. The summed E-state index contributed by atoms with van der Waals surface area (Å²) in [6.07, 6.45) is 3.26. The molecule has 1 aromatic carbocycles. The van der Waals surface area contributed by atoms with E-state index >= 15 is 0 Å². The first-order chi connectivity index (χ1) is 14.6. The lowest BCUT2D eigenvalue weighted by molar-refractivity contribution is -0.141. The van der Waals surface area contributed by atoms with Crippen LogP contribution < -0.4 is 0 Å². The number of nitrogens with zero attached hydrogens (tertiary/aromatic N) is 3. The smallest absolute Gasteiger partial charge is 0.291 e. The largest absolute Gasteiger partial charge is 0.379 e. The number of amides is 1. The maximum absolute atomic E-state index is 13.3. The highest BCUT2D eigenvalue weighted by Crippen LogP contribution is 2.37. The van der Waals surface area contributed by atoms with Gasteiger partial charge in [-0.15, -0.1) is 0 Å². The molecule has 0 saturated carbocycles. The summed E-state index contributed by atoms with van der Waals surface area (Å²) in [5.41, 5.74) is 1.10. The number of hydrogen-bond donors (Lipinski definition) is 0. The number of halogens is 1. The molecule has 156 valence electrons. The van der Waals surface area contributed by atoms with Crippen molar-refractivity contribution in [3.8, 4) is 0 Å². The average molecular weight is 472 g/mol. The zero-order valence-electron chi connectivity index (χ0n) is 16.4. The molecule has 2 saturated heterocycles. The number of Topliss-reactive ketones (excluding diaryl/α,β-unsaturated/α-hetero) is 2. The van der Waals surface area contributed by atoms with Crippen molar-refractivity contribution in [1.82, 2.24) is 14.8 Å². The second-order valence-corrected chi connectivity index (χ2v) is 8.31. The van der Waals surface area contributed by atoms with E-state index in [1.165, 1.54) is 4.90 Å². The standard InChI is InChI=1S/C22H22BrN3O4/c23-17-5-3-15(4-6-17)20(27)18-19(16-2-1-7-24-14-16)26(22(29)21(18)28)9-8-25-10-12-30-13-11-25/h1-7,14,18-19H,8-13H2. The maximum atomic E-state index is 13.3. The Hall–Kier alpha value is -2.42. The highest BCUT2D eigenvalue weighted by atomic mass is 79.9. The van der Waals surface area contributed by atoms with Gasteiger partial charge in [0.2, 0.25) is 5.78 Å². The lowest BCUT2D eigenvalue weighted by Gasteiger charge is -2.31. The van der Waals surface area contributed by atoms with Crippen molar-refractivity contribution in [1.29, 1.82) is 0 Å². The van der Waals surface area contributed by atoms with Crippen LogP contribution in [0.1, 0.15) is 22.0 Å². The van der Waals surface area contributed by atoms with Gasteiger partial charge in [0.25, 0.3) is 5.91 Å². The van der Waals surface area contributed by atoms with Crippen LogP contribution in [0.15, 0.2) is 53.3 Å². The number of likely N-dealkylation sites (tertiary alicyclic amines) is 1. The van der Waals surface area contributed by atoms with Crippen LogP contribution in [0.25, 0.3) is 0 Å². The van der Waals surface area contributed by atoms with Gasteiger partial charge >= 0.3 is 0 Å². The lowest BCUT2D eigenvalue weighted by atomic mass is 9.87. The number of hydrogen-bond acceptors (Lipinski definition) is 6. The Morgan fingerprint density at radius 1 is 1.10 bits per heavy atom. The van der Waals surface area contributed by atoms with Gasteiger partial charge in [-0.2, -0.15) is 0 Å². The molecule has 2 fully saturated rings. The highest BCUT2D eigenvalue weighted by molar-refractivity contribution is 9.10. The number of carbonyl (C=O) groups excluding carboxylic acids is 3. The number of ether oxygens (including phenoxy) is 1. The summed E-state index contributed by atoms with van der Waals surface area (Å²) in [7, 11) is 0. The van der Waals surface area contributed by atoms with Crippen molar-refractivity contribution in [2.75, 3.05) is 39.4 Å². The molecule has 30 heavy (non-hydrogen) atoms. The number of benzene rings is 1. The zero-order chi connectivity index (χ0) is 21.1. The number of pyridine rings is 1. The molecule has 0 aliphatic carbocycles. The molecule has 2 aromatic rings. The van der Waals surface area contributed by atoms with Gasteiger partial charge in [0.1, 0.15) is 5.92 Å². The Bertz CT molecular complexity index is 929. The first-order valence-corrected chi connectivity index (χ1v) is 10.7. The van der Waals surface area contributed by atoms with Gasteiger partial charge in [0, 0.05) is 48.6 Å². The number of ketones is 2.